The summed E-state index contributed by atoms with van der Waals surface area (Å²) in [6.07, 6.45) is 0.788. The summed E-state index contributed by atoms with van der Waals surface area (Å²) in [5, 5.41) is 3.11. The second-order valence-electron chi connectivity index (χ2n) is 5.03. The van der Waals surface area contributed by atoms with Gasteiger partial charge in [0.25, 0.3) is 5.91 Å². The minimum Gasteiger partial charge on any atom is -0.345 e. The first-order valence-corrected chi connectivity index (χ1v) is 7.93. The Labute approximate surface area is 131 Å². The number of carbonyl (C=O) groups is 1. The van der Waals surface area contributed by atoms with Crippen molar-refractivity contribution in [1.29, 1.82) is 0 Å². The van der Waals surface area contributed by atoms with E-state index in [1.807, 2.05) is 0 Å². The standard InChI is InChI=1S/C13H19N3O3S.ClH/c1-16(2)13(17)10-3-5-12(6-4-10)20(18,19)15-11-7-8-14-9-11;/h3-6,11,14-15H,7-9H2,1-2H3;1H. The number of nitrogens with one attached hydrogen (secondary N) is 2. The molecule has 2 N–H and O–H groups in total. The van der Waals surface area contributed by atoms with Crippen molar-refractivity contribution in [2.24, 2.45) is 0 Å². The van der Waals surface area contributed by atoms with Crippen LogP contribution < -0.4 is 10.0 Å². The molecule has 1 aromatic rings. The Morgan fingerprint density at radius 3 is 2.38 bits per heavy atom. The van der Waals surface area contributed by atoms with Gasteiger partial charge in [0.2, 0.25) is 10.0 Å². The summed E-state index contributed by atoms with van der Waals surface area (Å²) in [5.74, 6) is -0.151. The number of rotatable bonds is 4. The highest BCUT2D eigenvalue weighted by atomic mass is 35.5. The van der Waals surface area contributed by atoms with Gasteiger partial charge in [0.1, 0.15) is 0 Å². The quantitative estimate of drug-likeness (QED) is 0.838. The maximum atomic E-state index is 12.2. The van der Waals surface area contributed by atoms with Crippen LogP contribution in [0.25, 0.3) is 0 Å². The molecule has 1 aromatic carbocycles. The molecule has 1 amide bonds. The molecule has 1 aliphatic heterocycles. The summed E-state index contributed by atoms with van der Waals surface area (Å²) in [6.45, 7) is 1.47. The van der Waals surface area contributed by atoms with E-state index in [0.29, 0.717) is 12.1 Å². The first kappa shape index (κ1) is 17.9. The lowest BCUT2D eigenvalue weighted by atomic mass is 10.2. The Bertz CT molecular complexity index is 581. The van der Waals surface area contributed by atoms with Crippen molar-refractivity contribution in [2.45, 2.75) is 17.4 Å². The minimum atomic E-state index is -3.52. The van der Waals surface area contributed by atoms with E-state index in [0.717, 1.165) is 13.0 Å². The number of benzene rings is 1. The maximum Gasteiger partial charge on any atom is 0.253 e. The van der Waals surface area contributed by atoms with E-state index in [1.165, 1.54) is 29.2 Å². The maximum absolute atomic E-state index is 12.2. The van der Waals surface area contributed by atoms with Crippen LogP contribution in [0.2, 0.25) is 0 Å². The summed E-state index contributed by atoms with van der Waals surface area (Å²) in [6, 6.07) is 5.92. The third kappa shape index (κ3) is 4.41. The third-order valence-corrected chi connectivity index (χ3v) is 4.74. The van der Waals surface area contributed by atoms with Crippen molar-refractivity contribution in [3.05, 3.63) is 29.8 Å². The lowest BCUT2D eigenvalue weighted by Crippen LogP contribution is -2.36. The number of amides is 1. The van der Waals surface area contributed by atoms with E-state index in [2.05, 4.69) is 10.0 Å². The van der Waals surface area contributed by atoms with Gasteiger partial charge in [-0.1, -0.05) is 0 Å². The normalized spacial score (nSPS) is 18.1. The Balaban J connectivity index is 0.00000220. The Hall–Kier alpha value is -1.15. The number of carbonyl (C=O) groups excluding carboxylic acids is 1. The van der Waals surface area contributed by atoms with Crippen LogP contribution in [0, 0.1) is 0 Å². The monoisotopic (exact) mass is 333 g/mol. The molecule has 8 heteroatoms. The fraction of sp³-hybridized carbons (Fsp3) is 0.462. The number of hydrogen-bond acceptors (Lipinski definition) is 4. The summed E-state index contributed by atoms with van der Waals surface area (Å²) >= 11 is 0. The average Bonchev–Trinajstić information content (AvgIpc) is 2.90. The van der Waals surface area contributed by atoms with Crippen molar-refractivity contribution < 1.29 is 13.2 Å². The van der Waals surface area contributed by atoms with E-state index in [4.69, 9.17) is 0 Å². The van der Waals surface area contributed by atoms with Gasteiger partial charge in [0.15, 0.2) is 0 Å². The van der Waals surface area contributed by atoms with E-state index in [-0.39, 0.29) is 29.3 Å². The fourth-order valence-corrected chi connectivity index (χ4v) is 3.35. The van der Waals surface area contributed by atoms with Crippen molar-refractivity contribution in [3.63, 3.8) is 0 Å². The fourth-order valence-electron chi connectivity index (χ4n) is 2.08. The largest absolute Gasteiger partial charge is 0.345 e. The molecule has 0 aliphatic carbocycles. The Morgan fingerprint density at radius 2 is 1.90 bits per heavy atom. The zero-order chi connectivity index (χ0) is 14.8. The van der Waals surface area contributed by atoms with Crippen LogP contribution in [-0.2, 0) is 10.0 Å². The van der Waals surface area contributed by atoms with Gasteiger partial charge in [-0.25, -0.2) is 13.1 Å². The molecule has 118 valence electrons. The highest BCUT2D eigenvalue weighted by Crippen LogP contribution is 2.13. The molecule has 1 saturated heterocycles. The number of halogens is 1. The van der Waals surface area contributed by atoms with Crippen molar-refractivity contribution in [1.82, 2.24) is 14.9 Å². The molecule has 1 aliphatic rings. The molecule has 0 radical (unpaired) electrons. The van der Waals surface area contributed by atoms with Crippen molar-refractivity contribution in [3.8, 4) is 0 Å². The van der Waals surface area contributed by atoms with Gasteiger partial charge in [-0.15, -0.1) is 12.4 Å². The van der Waals surface area contributed by atoms with Gasteiger partial charge < -0.3 is 10.2 Å². The Kier molecular flexibility index (Phi) is 6.15. The second kappa shape index (κ2) is 7.22. The highest BCUT2D eigenvalue weighted by Gasteiger charge is 2.22. The van der Waals surface area contributed by atoms with Gasteiger partial charge in [-0.05, 0) is 37.2 Å². The van der Waals surface area contributed by atoms with Crippen LogP contribution in [0.5, 0.6) is 0 Å². The van der Waals surface area contributed by atoms with Crippen molar-refractivity contribution >= 4 is 28.3 Å². The molecule has 1 fully saturated rings. The zero-order valence-corrected chi connectivity index (χ0v) is 13.6. The minimum absolute atomic E-state index is 0. The van der Waals surface area contributed by atoms with E-state index < -0.39 is 10.0 Å². The predicted molar refractivity (Wildman–Crippen MR) is 83.3 cm³/mol. The van der Waals surface area contributed by atoms with Gasteiger partial charge in [-0.3, -0.25) is 4.79 Å². The summed E-state index contributed by atoms with van der Waals surface area (Å²) in [5.41, 5.74) is 0.469. The molecule has 0 bridgehead atoms. The van der Waals surface area contributed by atoms with Gasteiger partial charge in [0, 0.05) is 32.2 Å². The molecule has 1 heterocycles. The summed E-state index contributed by atoms with van der Waals surface area (Å²) < 4.78 is 27.0. The number of nitrogens with zero attached hydrogens (tertiary/aromatic N) is 1. The van der Waals surface area contributed by atoms with E-state index in [1.54, 1.807) is 14.1 Å². The summed E-state index contributed by atoms with van der Waals surface area (Å²) in [7, 11) is -0.213. The van der Waals surface area contributed by atoms with Crippen LogP contribution >= 0.6 is 12.4 Å². The predicted octanol–water partition coefficient (Wildman–Crippen LogP) is 0.450. The van der Waals surface area contributed by atoms with Gasteiger partial charge >= 0.3 is 0 Å². The number of sulfonamides is 1. The van der Waals surface area contributed by atoms with E-state index >= 15 is 0 Å². The lowest BCUT2D eigenvalue weighted by molar-refractivity contribution is 0.0827. The number of hydrogen-bond donors (Lipinski definition) is 2. The molecule has 0 aromatic heterocycles. The van der Waals surface area contributed by atoms with Crippen LogP contribution in [-0.4, -0.2) is 52.5 Å². The molecular weight excluding hydrogens is 314 g/mol. The van der Waals surface area contributed by atoms with Crippen LogP contribution in [0.15, 0.2) is 29.2 Å². The molecule has 0 saturated carbocycles. The van der Waals surface area contributed by atoms with E-state index in [9.17, 15) is 13.2 Å². The van der Waals surface area contributed by atoms with Gasteiger partial charge in [0.05, 0.1) is 4.90 Å². The lowest BCUT2D eigenvalue weighted by Gasteiger charge is -2.13. The smallest absolute Gasteiger partial charge is 0.253 e. The molecule has 6 nitrogen and oxygen atoms in total. The molecule has 1 unspecified atom stereocenters. The molecule has 1 atom stereocenters. The first-order valence-electron chi connectivity index (χ1n) is 6.45. The zero-order valence-electron chi connectivity index (χ0n) is 12.0. The SMILES string of the molecule is CN(C)C(=O)c1ccc(S(=O)(=O)NC2CCNC2)cc1.Cl. The second-order valence-corrected chi connectivity index (χ2v) is 6.75. The highest BCUT2D eigenvalue weighted by molar-refractivity contribution is 7.89. The van der Waals surface area contributed by atoms with Crippen LogP contribution in [0.4, 0.5) is 0 Å². The topological polar surface area (TPSA) is 78.5 Å². The van der Waals surface area contributed by atoms with Crippen LogP contribution in [0.3, 0.4) is 0 Å². The first-order chi connectivity index (χ1) is 9.40. The Morgan fingerprint density at radius 1 is 1.29 bits per heavy atom. The van der Waals surface area contributed by atoms with Crippen molar-refractivity contribution in [2.75, 3.05) is 27.2 Å². The third-order valence-electron chi connectivity index (χ3n) is 3.20. The summed E-state index contributed by atoms with van der Waals surface area (Å²) in [4.78, 5) is 13.4. The molecular formula is C13H20ClN3O3S. The molecule has 0 spiro atoms. The molecule has 2 rings (SSSR count). The van der Waals surface area contributed by atoms with Crippen LogP contribution in [0.1, 0.15) is 16.8 Å². The molecule has 21 heavy (non-hydrogen) atoms. The van der Waals surface area contributed by atoms with Gasteiger partial charge in [-0.2, -0.15) is 0 Å². The average molecular weight is 334 g/mol.